The van der Waals surface area contributed by atoms with Crippen molar-refractivity contribution in [2.45, 2.75) is 51.9 Å². The van der Waals surface area contributed by atoms with Gasteiger partial charge in [0.15, 0.2) is 11.6 Å². The van der Waals surface area contributed by atoms with Crippen molar-refractivity contribution in [2.24, 2.45) is 0 Å². The highest BCUT2D eigenvalue weighted by molar-refractivity contribution is 5.59. The highest BCUT2D eigenvalue weighted by Gasteiger charge is 2.39. The molecule has 0 bridgehead atoms. The molecule has 0 aromatic carbocycles. The number of hydrogen-bond donors (Lipinski definition) is 0. The maximum atomic E-state index is 6.16. The molecule has 0 amide bonds. The average Bonchev–Trinajstić information content (AvgIpc) is 3.19. The second-order valence-electron chi connectivity index (χ2n) is 5.88. The van der Waals surface area contributed by atoms with Gasteiger partial charge in [-0.1, -0.05) is 13.8 Å². The van der Waals surface area contributed by atoms with Gasteiger partial charge in [-0.3, -0.25) is 0 Å². The lowest BCUT2D eigenvalue weighted by atomic mass is 10.1. The summed E-state index contributed by atoms with van der Waals surface area (Å²) in [6.07, 6.45) is 4.44. The smallest absolute Gasteiger partial charge is 0.172 e. The largest absolute Gasteiger partial charge is 0.487 e. The monoisotopic (exact) mass is 306 g/mol. The Bertz CT molecular complexity index is 503. The fourth-order valence-corrected chi connectivity index (χ4v) is 3.37. The van der Waals surface area contributed by atoms with E-state index in [4.69, 9.17) is 14.2 Å². The Kier molecular flexibility index (Phi) is 4.84. The van der Waals surface area contributed by atoms with Crippen LogP contribution in [0.4, 0.5) is 5.82 Å². The van der Waals surface area contributed by atoms with Gasteiger partial charge in [-0.05, 0) is 31.4 Å². The number of ether oxygens (including phenoxy) is 3. The van der Waals surface area contributed by atoms with Gasteiger partial charge in [-0.25, -0.2) is 4.98 Å². The number of aryl methyl sites for hydroxylation is 1. The molecule has 2 fully saturated rings. The van der Waals surface area contributed by atoms with Crippen LogP contribution in [0.1, 0.15) is 32.3 Å². The van der Waals surface area contributed by atoms with Crippen molar-refractivity contribution in [1.82, 2.24) is 4.98 Å². The molecular formula is C17H26N2O3. The van der Waals surface area contributed by atoms with Crippen LogP contribution in [0.15, 0.2) is 12.3 Å². The number of pyridine rings is 1. The second kappa shape index (κ2) is 6.84. The maximum absolute atomic E-state index is 6.16. The Balaban J connectivity index is 0.000000693. The number of hydrogen-bond acceptors (Lipinski definition) is 5. The first-order chi connectivity index (χ1) is 10.8. The maximum Gasteiger partial charge on any atom is 0.172 e. The topological polar surface area (TPSA) is 43.8 Å². The predicted molar refractivity (Wildman–Crippen MR) is 85.7 cm³/mol. The number of fused-ring (bicyclic) bond motifs is 3. The highest BCUT2D eigenvalue weighted by Crippen LogP contribution is 2.39. The van der Waals surface area contributed by atoms with Gasteiger partial charge in [0.1, 0.15) is 6.61 Å². The van der Waals surface area contributed by atoms with Crippen LogP contribution in [0.25, 0.3) is 0 Å². The van der Waals surface area contributed by atoms with E-state index in [2.05, 4.69) is 16.8 Å². The van der Waals surface area contributed by atoms with E-state index >= 15 is 0 Å². The van der Waals surface area contributed by atoms with Gasteiger partial charge in [0.05, 0.1) is 24.9 Å². The van der Waals surface area contributed by atoms with E-state index in [9.17, 15) is 0 Å². The van der Waals surface area contributed by atoms with Gasteiger partial charge < -0.3 is 19.1 Å². The molecule has 0 saturated carbocycles. The van der Waals surface area contributed by atoms with Crippen molar-refractivity contribution in [1.29, 1.82) is 0 Å². The molecule has 122 valence electrons. The highest BCUT2D eigenvalue weighted by atomic mass is 16.6. The lowest BCUT2D eigenvalue weighted by Gasteiger charge is -2.32. The number of nitrogens with zero attached hydrogens (tertiary/aromatic N) is 2. The minimum absolute atomic E-state index is 0.267. The zero-order valence-electron chi connectivity index (χ0n) is 13.7. The van der Waals surface area contributed by atoms with E-state index in [-0.39, 0.29) is 12.2 Å². The third-order valence-electron chi connectivity index (χ3n) is 4.42. The molecule has 0 spiro atoms. The van der Waals surface area contributed by atoms with Gasteiger partial charge in [0.25, 0.3) is 0 Å². The van der Waals surface area contributed by atoms with E-state index in [1.54, 1.807) is 0 Å². The third kappa shape index (κ3) is 2.92. The van der Waals surface area contributed by atoms with Crippen LogP contribution in [0.2, 0.25) is 0 Å². The van der Waals surface area contributed by atoms with E-state index in [1.807, 2.05) is 26.1 Å². The molecule has 0 N–H and O–H groups in total. The standard InChI is InChI=1S/C15H20N2O3.C2H6/c1-10-2-4-16-15-14(10)19-8-11-6-13(7-17(11)15)20-12-3-5-18-9-12;1-2/h2,4,11-13H,3,5-9H2,1H3;1-2H3. The van der Waals surface area contributed by atoms with E-state index in [0.29, 0.717) is 6.04 Å². The molecule has 3 atom stereocenters. The Morgan fingerprint density at radius 1 is 1.27 bits per heavy atom. The Morgan fingerprint density at radius 2 is 2.14 bits per heavy atom. The molecule has 3 unspecified atom stereocenters. The Labute approximate surface area is 132 Å². The van der Waals surface area contributed by atoms with Crippen molar-refractivity contribution in [3.8, 4) is 5.75 Å². The van der Waals surface area contributed by atoms with Gasteiger partial charge in [-0.2, -0.15) is 0 Å². The molecule has 2 saturated heterocycles. The molecule has 1 aromatic heterocycles. The first kappa shape index (κ1) is 15.6. The summed E-state index contributed by atoms with van der Waals surface area (Å²) in [5, 5.41) is 0. The van der Waals surface area contributed by atoms with E-state index in [0.717, 1.165) is 56.3 Å². The molecule has 5 nitrogen and oxygen atoms in total. The zero-order valence-corrected chi connectivity index (χ0v) is 13.7. The van der Waals surface area contributed by atoms with Gasteiger partial charge in [-0.15, -0.1) is 0 Å². The molecule has 4 heterocycles. The first-order valence-electron chi connectivity index (χ1n) is 8.39. The fourth-order valence-electron chi connectivity index (χ4n) is 3.37. The van der Waals surface area contributed by atoms with Crippen molar-refractivity contribution >= 4 is 5.82 Å². The molecule has 0 radical (unpaired) electrons. The van der Waals surface area contributed by atoms with Crippen LogP contribution in [0.5, 0.6) is 5.75 Å². The summed E-state index contributed by atoms with van der Waals surface area (Å²) in [6, 6.07) is 2.39. The summed E-state index contributed by atoms with van der Waals surface area (Å²) in [5.74, 6) is 1.92. The van der Waals surface area contributed by atoms with Crippen LogP contribution in [-0.4, -0.2) is 49.6 Å². The molecule has 1 aromatic rings. The summed E-state index contributed by atoms with van der Waals surface area (Å²) in [7, 11) is 0. The van der Waals surface area contributed by atoms with Crippen LogP contribution in [0, 0.1) is 6.92 Å². The lowest BCUT2D eigenvalue weighted by molar-refractivity contribution is -0.00631. The first-order valence-corrected chi connectivity index (χ1v) is 8.39. The summed E-state index contributed by atoms with van der Waals surface area (Å²) in [6.45, 7) is 9.29. The fraction of sp³-hybridized carbons (Fsp3) is 0.706. The molecule has 0 aliphatic carbocycles. The van der Waals surface area contributed by atoms with Crippen LogP contribution >= 0.6 is 0 Å². The number of anilines is 1. The summed E-state index contributed by atoms with van der Waals surface area (Å²) >= 11 is 0. The van der Waals surface area contributed by atoms with Gasteiger partial charge in [0.2, 0.25) is 0 Å². The van der Waals surface area contributed by atoms with Crippen molar-refractivity contribution in [2.75, 3.05) is 31.3 Å². The molecule has 3 aliphatic rings. The minimum Gasteiger partial charge on any atom is -0.487 e. The molecule has 3 aliphatic heterocycles. The lowest BCUT2D eigenvalue weighted by Crippen LogP contribution is -2.39. The van der Waals surface area contributed by atoms with Crippen LogP contribution in [0.3, 0.4) is 0 Å². The second-order valence-corrected chi connectivity index (χ2v) is 5.88. The summed E-state index contributed by atoms with van der Waals surface area (Å²) in [4.78, 5) is 6.86. The van der Waals surface area contributed by atoms with Crippen LogP contribution < -0.4 is 9.64 Å². The number of aromatic nitrogens is 1. The van der Waals surface area contributed by atoms with E-state index < -0.39 is 0 Å². The Morgan fingerprint density at radius 3 is 2.91 bits per heavy atom. The normalized spacial score (nSPS) is 29.2. The van der Waals surface area contributed by atoms with Gasteiger partial charge >= 0.3 is 0 Å². The van der Waals surface area contributed by atoms with E-state index in [1.165, 1.54) is 0 Å². The van der Waals surface area contributed by atoms with Gasteiger partial charge in [0, 0.05) is 19.3 Å². The summed E-state index contributed by atoms with van der Waals surface area (Å²) in [5.41, 5.74) is 1.15. The quantitative estimate of drug-likeness (QED) is 0.840. The van der Waals surface area contributed by atoms with Crippen LogP contribution in [-0.2, 0) is 9.47 Å². The molecular weight excluding hydrogens is 280 g/mol. The van der Waals surface area contributed by atoms with Crippen molar-refractivity contribution in [3.05, 3.63) is 17.8 Å². The average molecular weight is 306 g/mol. The van der Waals surface area contributed by atoms with Crippen molar-refractivity contribution < 1.29 is 14.2 Å². The summed E-state index contributed by atoms with van der Waals surface area (Å²) < 4.78 is 17.4. The Hall–Kier alpha value is -1.33. The predicted octanol–water partition coefficient (Wildman–Crippen LogP) is 2.56. The number of rotatable bonds is 2. The molecule has 4 rings (SSSR count). The third-order valence-corrected chi connectivity index (χ3v) is 4.42. The molecule has 22 heavy (non-hydrogen) atoms. The molecule has 5 heteroatoms. The zero-order chi connectivity index (χ0) is 15.5. The minimum atomic E-state index is 0.267. The SMILES string of the molecule is CC.Cc1ccnc2c1OCC1CC(OC3CCOC3)CN21. The van der Waals surface area contributed by atoms with Crippen molar-refractivity contribution in [3.63, 3.8) is 0 Å².